The van der Waals surface area contributed by atoms with E-state index >= 15 is 0 Å². The van der Waals surface area contributed by atoms with Crippen LogP contribution < -0.4 is 0 Å². The normalized spacial score (nSPS) is 30.3. The van der Waals surface area contributed by atoms with Crippen molar-refractivity contribution in [2.45, 2.75) is 86.0 Å². The Bertz CT molecular complexity index is 526. The second-order valence-electron chi connectivity index (χ2n) is 8.09. The number of allylic oxidation sites excluding steroid dienone is 4. The van der Waals surface area contributed by atoms with Gasteiger partial charge in [-0.05, 0) is 44.4 Å². The highest BCUT2D eigenvalue weighted by atomic mass is 16.1. The van der Waals surface area contributed by atoms with Gasteiger partial charge in [0, 0.05) is 38.4 Å². The Kier molecular flexibility index (Phi) is 9.54. The summed E-state index contributed by atoms with van der Waals surface area (Å²) in [4.78, 5) is 25.0. The highest BCUT2D eigenvalue weighted by Crippen LogP contribution is 2.38. The summed E-state index contributed by atoms with van der Waals surface area (Å²) in [5, 5.41) is 0. The summed E-state index contributed by atoms with van der Waals surface area (Å²) in [6.07, 6.45) is 18.3. The van der Waals surface area contributed by atoms with Gasteiger partial charge < -0.3 is 0 Å². The Morgan fingerprint density at radius 1 is 1.04 bits per heavy atom. The molecular formula is C24H41O2. The van der Waals surface area contributed by atoms with Crippen molar-refractivity contribution in [2.24, 2.45) is 23.7 Å². The van der Waals surface area contributed by atoms with Gasteiger partial charge in [-0.15, -0.1) is 0 Å². The fourth-order valence-electron chi connectivity index (χ4n) is 4.72. The number of Topliss-reactive ketones (excluding diaryl/α,β-unsaturated/α-hetero) is 2. The van der Waals surface area contributed by atoms with Gasteiger partial charge >= 0.3 is 0 Å². The van der Waals surface area contributed by atoms with Crippen LogP contribution in [0.4, 0.5) is 0 Å². The number of fused-ring (bicyclic) bond motifs is 1. The summed E-state index contributed by atoms with van der Waals surface area (Å²) in [6, 6.07) is 0. The average molecular weight is 362 g/mol. The maximum Gasteiger partial charge on any atom is 0.136 e. The van der Waals surface area contributed by atoms with Crippen LogP contribution in [0.5, 0.6) is 0 Å². The van der Waals surface area contributed by atoms with Gasteiger partial charge in [0.1, 0.15) is 11.6 Å². The van der Waals surface area contributed by atoms with Gasteiger partial charge in [0.25, 0.3) is 0 Å². The molecule has 0 N–H and O–H groups in total. The van der Waals surface area contributed by atoms with Crippen molar-refractivity contribution in [1.29, 1.82) is 0 Å². The molecule has 149 valence electrons. The van der Waals surface area contributed by atoms with E-state index in [1.807, 2.05) is 0 Å². The van der Waals surface area contributed by atoms with Gasteiger partial charge in [0.05, 0.1) is 0 Å². The molecule has 2 unspecified atom stereocenters. The molecule has 0 spiro atoms. The van der Waals surface area contributed by atoms with Gasteiger partial charge in [-0.1, -0.05) is 58.4 Å². The van der Waals surface area contributed by atoms with E-state index in [4.69, 9.17) is 0 Å². The Morgan fingerprint density at radius 3 is 2.46 bits per heavy atom. The molecule has 3 aliphatic carbocycles. The molecule has 0 aromatic heterocycles. The van der Waals surface area contributed by atoms with E-state index < -0.39 is 0 Å². The Balaban J connectivity index is 0.00000225. The summed E-state index contributed by atoms with van der Waals surface area (Å²) in [5.74, 6) is 2.32. The number of rotatable bonds is 6. The second-order valence-corrected chi connectivity index (χ2v) is 8.09. The molecule has 0 heterocycles. The standard InChI is InChI=1S/C22H31O2.2CH4.H2/c1-16-12-14-18(15-13-16)21(23)10-5-11-22(24)20-9-4-7-17-6-2-3-8-19(17)20;;;/h2-3,6,8,16,18-20H,4-5,7,9-15H2,1H3;2*1H4;1H. The third kappa shape index (κ3) is 5.66. The highest BCUT2D eigenvalue weighted by Gasteiger charge is 2.32. The molecule has 3 aliphatic rings. The quantitative estimate of drug-likeness (QED) is 0.524. The van der Waals surface area contributed by atoms with Crippen molar-refractivity contribution < 1.29 is 11.0 Å². The van der Waals surface area contributed by atoms with Crippen molar-refractivity contribution in [2.75, 3.05) is 0 Å². The van der Waals surface area contributed by atoms with Crippen molar-refractivity contribution in [3.8, 4) is 0 Å². The van der Waals surface area contributed by atoms with Crippen LogP contribution in [-0.2, 0) is 9.59 Å². The summed E-state index contributed by atoms with van der Waals surface area (Å²) < 4.78 is 0. The molecule has 1 radical (unpaired) electrons. The summed E-state index contributed by atoms with van der Waals surface area (Å²) >= 11 is 0. The van der Waals surface area contributed by atoms with Crippen LogP contribution in [0, 0.1) is 30.1 Å². The molecule has 0 aromatic carbocycles. The first-order valence-corrected chi connectivity index (χ1v) is 9.91. The first-order valence-electron chi connectivity index (χ1n) is 9.91. The minimum absolute atomic E-state index is 0. The van der Waals surface area contributed by atoms with Gasteiger partial charge in [-0.25, -0.2) is 0 Å². The summed E-state index contributed by atoms with van der Waals surface area (Å²) in [7, 11) is 0. The van der Waals surface area contributed by atoms with Crippen LogP contribution in [-0.4, -0.2) is 11.6 Å². The van der Waals surface area contributed by atoms with Crippen LogP contribution in [0.2, 0.25) is 0 Å². The van der Waals surface area contributed by atoms with Gasteiger partial charge in [0.15, 0.2) is 0 Å². The van der Waals surface area contributed by atoms with Crippen LogP contribution >= 0.6 is 0 Å². The minimum Gasteiger partial charge on any atom is -0.299 e. The number of hydrogen-bond acceptors (Lipinski definition) is 2. The van der Waals surface area contributed by atoms with Crippen LogP contribution in [0.3, 0.4) is 0 Å². The molecule has 2 fully saturated rings. The number of carbonyl (C=O) groups excluding carboxylic acids is 2. The van der Waals surface area contributed by atoms with E-state index in [9.17, 15) is 9.59 Å². The molecule has 26 heavy (non-hydrogen) atoms. The fourth-order valence-corrected chi connectivity index (χ4v) is 4.72. The summed E-state index contributed by atoms with van der Waals surface area (Å²) in [5.41, 5.74) is 1.43. The molecule has 0 saturated heterocycles. The molecule has 2 heteroatoms. The van der Waals surface area contributed by atoms with E-state index in [0.717, 1.165) is 44.4 Å². The monoisotopic (exact) mass is 361 g/mol. The average Bonchev–Trinajstić information content (AvgIpc) is 2.61. The molecule has 0 bridgehead atoms. The van der Waals surface area contributed by atoms with Gasteiger partial charge in [-0.2, -0.15) is 0 Å². The smallest absolute Gasteiger partial charge is 0.136 e. The first-order chi connectivity index (χ1) is 11.6. The minimum atomic E-state index is 0. The SMILES string of the molecule is C.C.CC1CCC(C(=O)CCCC(=O)C2CCCC3=C[CH]C=CC32)CC1.[HH]. The zero-order valence-corrected chi connectivity index (χ0v) is 15.0. The van der Waals surface area contributed by atoms with E-state index in [0.29, 0.717) is 30.3 Å². The lowest BCUT2D eigenvalue weighted by molar-refractivity contribution is -0.125. The van der Waals surface area contributed by atoms with E-state index in [-0.39, 0.29) is 28.1 Å². The van der Waals surface area contributed by atoms with Crippen molar-refractivity contribution in [1.82, 2.24) is 0 Å². The largest absolute Gasteiger partial charge is 0.299 e. The first kappa shape index (κ1) is 22.9. The predicted octanol–water partition coefficient (Wildman–Crippen LogP) is 6.76. The molecule has 3 rings (SSSR count). The van der Waals surface area contributed by atoms with E-state index in [1.54, 1.807) is 0 Å². The number of ketones is 2. The zero-order valence-electron chi connectivity index (χ0n) is 15.0. The molecule has 0 amide bonds. The lowest BCUT2D eigenvalue weighted by Crippen LogP contribution is -2.29. The highest BCUT2D eigenvalue weighted by molar-refractivity contribution is 5.84. The van der Waals surface area contributed by atoms with Crippen molar-refractivity contribution in [3.05, 3.63) is 30.2 Å². The Labute approximate surface area is 163 Å². The Hall–Kier alpha value is -1.18. The maximum absolute atomic E-state index is 12.7. The number of hydrogen-bond donors (Lipinski definition) is 0. The zero-order chi connectivity index (χ0) is 16.9. The molecule has 2 nitrogen and oxygen atoms in total. The molecule has 0 aromatic rings. The fraction of sp³-hybridized carbons (Fsp3) is 0.708. The van der Waals surface area contributed by atoms with Crippen LogP contribution in [0.25, 0.3) is 0 Å². The lowest BCUT2D eigenvalue weighted by atomic mass is 9.71. The second kappa shape index (κ2) is 10.8. The topological polar surface area (TPSA) is 34.1 Å². The molecular weight excluding hydrogens is 320 g/mol. The van der Waals surface area contributed by atoms with Gasteiger partial charge in [0.2, 0.25) is 0 Å². The number of carbonyl (C=O) groups is 2. The Morgan fingerprint density at radius 2 is 1.73 bits per heavy atom. The maximum atomic E-state index is 12.7. The van der Waals surface area contributed by atoms with Crippen molar-refractivity contribution in [3.63, 3.8) is 0 Å². The molecule has 0 aliphatic heterocycles. The third-order valence-electron chi connectivity index (χ3n) is 6.31. The molecule has 2 saturated carbocycles. The van der Waals surface area contributed by atoms with Crippen LogP contribution in [0.15, 0.2) is 23.8 Å². The lowest BCUT2D eigenvalue weighted by Gasteiger charge is -2.32. The summed E-state index contributed by atoms with van der Waals surface area (Å²) in [6.45, 7) is 2.28. The van der Waals surface area contributed by atoms with E-state index in [2.05, 4.69) is 31.6 Å². The third-order valence-corrected chi connectivity index (χ3v) is 6.31. The van der Waals surface area contributed by atoms with Gasteiger partial charge in [-0.3, -0.25) is 9.59 Å². The van der Waals surface area contributed by atoms with Crippen molar-refractivity contribution >= 4 is 11.6 Å². The van der Waals surface area contributed by atoms with E-state index in [1.165, 1.54) is 18.4 Å². The van der Waals surface area contributed by atoms with Crippen LogP contribution in [0.1, 0.15) is 87.4 Å². The molecule has 2 atom stereocenters. The predicted molar refractivity (Wildman–Crippen MR) is 113 cm³/mol.